The number of carbonyl (C=O) groups is 3. The van der Waals surface area contributed by atoms with Crippen molar-refractivity contribution in [3.05, 3.63) is 0 Å². The van der Waals surface area contributed by atoms with Gasteiger partial charge < -0.3 is 16.2 Å². The highest BCUT2D eigenvalue weighted by molar-refractivity contribution is 5.85. The quantitative estimate of drug-likeness (QED) is 0.567. The Labute approximate surface area is 106 Å². The van der Waals surface area contributed by atoms with Gasteiger partial charge in [-0.05, 0) is 25.7 Å². The monoisotopic (exact) mass is 256 g/mol. The number of carboxylic acids is 1. The van der Waals surface area contributed by atoms with Crippen molar-refractivity contribution in [2.24, 2.45) is 17.6 Å². The molecule has 6 nitrogen and oxygen atoms in total. The summed E-state index contributed by atoms with van der Waals surface area (Å²) in [5.41, 5.74) is 4.99. The first-order valence-electron chi connectivity index (χ1n) is 6.31. The number of nitrogens with one attached hydrogen (secondary N) is 1. The van der Waals surface area contributed by atoms with Crippen LogP contribution in [0.5, 0.6) is 0 Å². The topological polar surface area (TPSA) is 109 Å². The summed E-state index contributed by atoms with van der Waals surface area (Å²) in [6.07, 6.45) is 3.65. The number of unbranched alkanes of at least 4 members (excludes halogenated alkanes) is 1. The minimum Gasteiger partial charge on any atom is -0.481 e. The van der Waals surface area contributed by atoms with Crippen molar-refractivity contribution in [3.63, 3.8) is 0 Å². The number of hydrogen-bond donors (Lipinski definition) is 3. The molecule has 0 aliphatic heterocycles. The first-order chi connectivity index (χ1) is 8.52. The summed E-state index contributed by atoms with van der Waals surface area (Å²) in [4.78, 5) is 33.2. The van der Waals surface area contributed by atoms with Gasteiger partial charge >= 0.3 is 5.97 Å². The second-order valence-electron chi connectivity index (χ2n) is 4.70. The Kier molecular flexibility index (Phi) is 5.61. The molecule has 6 heteroatoms. The molecule has 0 saturated heterocycles. The van der Waals surface area contributed by atoms with E-state index in [1.165, 1.54) is 0 Å². The molecule has 1 aliphatic carbocycles. The van der Waals surface area contributed by atoms with Gasteiger partial charge in [-0.25, -0.2) is 0 Å². The van der Waals surface area contributed by atoms with Crippen LogP contribution in [0.2, 0.25) is 0 Å². The Balaban J connectivity index is 2.24. The van der Waals surface area contributed by atoms with E-state index in [4.69, 9.17) is 10.8 Å². The molecule has 0 aromatic rings. The lowest BCUT2D eigenvalue weighted by atomic mass is 9.95. The lowest BCUT2D eigenvalue weighted by Gasteiger charge is -2.15. The number of nitrogens with two attached hydrogens (primary N) is 1. The van der Waals surface area contributed by atoms with E-state index in [0.29, 0.717) is 38.6 Å². The van der Waals surface area contributed by atoms with Crippen molar-refractivity contribution >= 4 is 17.8 Å². The van der Waals surface area contributed by atoms with Gasteiger partial charge in [0.1, 0.15) is 0 Å². The van der Waals surface area contributed by atoms with Gasteiger partial charge in [0.25, 0.3) is 0 Å². The molecule has 0 heterocycles. The highest BCUT2D eigenvalue weighted by Gasteiger charge is 2.37. The highest BCUT2D eigenvalue weighted by atomic mass is 16.4. The maximum atomic E-state index is 11.8. The van der Waals surface area contributed by atoms with Crippen LogP contribution in [-0.2, 0) is 14.4 Å². The molecule has 2 amide bonds. The van der Waals surface area contributed by atoms with Crippen LogP contribution < -0.4 is 11.1 Å². The first kappa shape index (κ1) is 14.5. The molecule has 0 radical (unpaired) electrons. The lowest BCUT2D eigenvalue weighted by Crippen LogP contribution is -2.35. The zero-order chi connectivity index (χ0) is 13.5. The third-order valence-electron chi connectivity index (χ3n) is 3.32. The van der Waals surface area contributed by atoms with Crippen LogP contribution in [-0.4, -0.2) is 29.4 Å². The summed E-state index contributed by atoms with van der Waals surface area (Å²) >= 11 is 0. The van der Waals surface area contributed by atoms with Crippen LogP contribution in [0.25, 0.3) is 0 Å². The summed E-state index contributed by atoms with van der Waals surface area (Å²) in [7, 11) is 0. The summed E-state index contributed by atoms with van der Waals surface area (Å²) < 4.78 is 0. The molecule has 0 aromatic heterocycles. The van der Waals surface area contributed by atoms with Crippen molar-refractivity contribution < 1.29 is 19.5 Å². The number of aliphatic carboxylic acids is 1. The van der Waals surface area contributed by atoms with Gasteiger partial charge in [0.05, 0.1) is 11.8 Å². The van der Waals surface area contributed by atoms with E-state index < -0.39 is 17.8 Å². The van der Waals surface area contributed by atoms with Gasteiger partial charge in [-0.15, -0.1) is 0 Å². The molecule has 18 heavy (non-hydrogen) atoms. The van der Waals surface area contributed by atoms with E-state index in [0.717, 1.165) is 6.42 Å². The average molecular weight is 256 g/mol. The molecule has 1 aliphatic rings. The Bertz CT molecular complexity index is 330. The second-order valence-corrected chi connectivity index (χ2v) is 4.70. The van der Waals surface area contributed by atoms with E-state index in [2.05, 4.69) is 5.32 Å². The number of carbonyl (C=O) groups excluding carboxylic acids is 2. The molecule has 0 bridgehead atoms. The van der Waals surface area contributed by atoms with Crippen LogP contribution in [0.4, 0.5) is 0 Å². The van der Waals surface area contributed by atoms with Crippen molar-refractivity contribution in [2.75, 3.05) is 6.54 Å². The molecule has 2 atom stereocenters. The molecular formula is C12H20N2O4. The highest BCUT2D eigenvalue weighted by Crippen LogP contribution is 2.31. The number of primary amides is 1. The fourth-order valence-electron chi connectivity index (χ4n) is 2.34. The van der Waals surface area contributed by atoms with Gasteiger partial charge in [0.15, 0.2) is 0 Å². The summed E-state index contributed by atoms with van der Waals surface area (Å²) in [5.74, 6) is -2.36. The van der Waals surface area contributed by atoms with E-state index in [-0.39, 0.29) is 11.8 Å². The van der Waals surface area contributed by atoms with Crippen molar-refractivity contribution in [1.82, 2.24) is 5.32 Å². The number of carboxylic acid groups (broad SMARTS) is 1. The average Bonchev–Trinajstić information content (AvgIpc) is 2.76. The number of hydrogen-bond acceptors (Lipinski definition) is 3. The summed E-state index contributed by atoms with van der Waals surface area (Å²) in [6, 6.07) is 0. The lowest BCUT2D eigenvalue weighted by molar-refractivity contribution is -0.146. The third-order valence-corrected chi connectivity index (χ3v) is 3.32. The molecule has 0 unspecified atom stereocenters. The van der Waals surface area contributed by atoms with E-state index in [9.17, 15) is 14.4 Å². The molecule has 1 rings (SSSR count). The molecule has 102 valence electrons. The van der Waals surface area contributed by atoms with Gasteiger partial charge in [-0.1, -0.05) is 6.42 Å². The molecule has 1 saturated carbocycles. The van der Waals surface area contributed by atoms with Crippen molar-refractivity contribution in [2.45, 2.75) is 38.5 Å². The predicted molar refractivity (Wildman–Crippen MR) is 64.5 cm³/mol. The van der Waals surface area contributed by atoms with Gasteiger partial charge in [0, 0.05) is 13.0 Å². The van der Waals surface area contributed by atoms with Crippen molar-refractivity contribution in [1.29, 1.82) is 0 Å². The summed E-state index contributed by atoms with van der Waals surface area (Å²) in [6.45, 7) is 0.467. The predicted octanol–water partition coefficient (Wildman–Crippen LogP) is 0.259. The molecule has 1 fully saturated rings. The molecule has 0 spiro atoms. The zero-order valence-electron chi connectivity index (χ0n) is 10.4. The molecule has 0 aromatic carbocycles. The fraction of sp³-hybridized carbons (Fsp3) is 0.750. The maximum absolute atomic E-state index is 11.8. The smallest absolute Gasteiger partial charge is 0.307 e. The van der Waals surface area contributed by atoms with E-state index >= 15 is 0 Å². The minimum atomic E-state index is -0.888. The normalized spacial score (nSPS) is 22.7. The number of rotatable bonds is 7. The largest absolute Gasteiger partial charge is 0.481 e. The summed E-state index contributed by atoms with van der Waals surface area (Å²) in [5, 5.41) is 11.7. The van der Waals surface area contributed by atoms with E-state index in [1.807, 2.05) is 0 Å². The Morgan fingerprint density at radius 2 is 1.83 bits per heavy atom. The number of amides is 2. The molecule has 4 N–H and O–H groups in total. The van der Waals surface area contributed by atoms with Crippen LogP contribution >= 0.6 is 0 Å². The van der Waals surface area contributed by atoms with Crippen LogP contribution in [0.15, 0.2) is 0 Å². The zero-order valence-corrected chi connectivity index (χ0v) is 10.4. The van der Waals surface area contributed by atoms with Crippen LogP contribution in [0.3, 0.4) is 0 Å². The fourth-order valence-corrected chi connectivity index (χ4v) is 2.34. The molecular weight excluding hydrogens is 236 g/mol. The van der Waals surface area contributed by atoms with Gasteiger partial charge in [-0.3, -0.25) is 14.4 Å². The van der Waals surface area contributed by atoms with Crippen molar-refractivity contribution in [3.8, 4) is 0 Å². The van der Waals surface area contributed by atoms with Crippen LogP contribution in [0, 0.1) is 11.8 Å². The van der Waals surface area contributed by atoms with Crippen LogP contribution in [0.1, 0.15) is 38.5 Å². The Hall–Kier alpha value is -1.59. The Morgan fingerprint density at radius 3 is 2.44 bits per heavy atom. The maximum Gasteiger partial charge on any atom is 0.307 e. The Morgan fingerprint density at radius 1 is 1.17 bits per heavy atom. The standard InChI is InChI=1S/C12H20N2O4/c13-10(15)6-1-2-7-14-11(16)8-4-3-5-9(8)12(17)18/h8-9H,1-7H2,(H2,13,15)(H,14,16)(H,17,18)/t8-,9+/m1/s1. The second kappa shape index (κ2) is 6.98. The third kappa shape index (κ3) is 4.35. The minimum absolute atomic E-state index is 0.182. The first-order valence-corrected chi connectivity index (χ1v) is 6.31. The van der Waals surface area contributed by atoms with E-state index in [1.54, 1.807) is 0 Å². The van der Waals surface area contributed by atoms with Gasteiger partial charge in [-0.2, -0.15) is 0 Å². The van der Waals surface area contributed by atoms with Gasteiger partial charge in [0.2, 0.25) is 11.8 Å². The SMILES string of the molecule is NC(=O)CCCCNC(=O)[C@@H]1CCC[C@@H]1C(=O)O.